The number of rotatable bonds is 5. The first-order valence-electron chi connectivity index (χ1n) is 5.86. The van der Waals surface area contributed by atoms with E-state index in [0.29, 0.717) is 6.42 Å². The third-order valence-corrected chi connectivity index (χ3v) is 2.97. The largest absolute Gasteiger partial charge is 0.481 e. The van der Waals surface area contributed by atoms with E-state index in [9.17, 15) is 4.79 Å². The van der Waals surface area contributed by atoms with Crippen LogP contribution in [0.25, 0.3) is 0 Å². The van der Waals surface area contributed by atoms with Crippen molar-refractivity contribution < 1.29 is 9.90 Å². The normalized spacial score (nSPS) is 13.4. The van der Waals surface area contributed by atoms with E-state index in [1.165, 1.54) is 5.56 Å². The van der Waals surface area contributed by atoms with Gasteiger partial charge >= 0.3 is 5.97 Å². The molecule has 3 heteroatoms. The van der Waals surface area contributed by atoms with Crippen molar-refractivity contribution in [1.82, 2.24) is 0 Å². The summed E-state index contributed by atoms with van der Waals surface area (Å²) in [6.07, 6.45) is 1.20. The van der Waals surface area contributed by atoms with Gasteiger partial charge < -0.3 is 10.8 Å². The maximum absolute atomic E-state index is 11.0. The van der Waals surface area contributed by atoms with Gasteiger partial charge in [-0.15, -0.1) is 0 Å². The van der Waals surface area contributed by atoms with Gasteiger partial charge in [0.1, 0.15) is 0 Å². The van der Waals surface area contributed by atoms with Crippen LogP contribution in [0.3, 0.4) is 0 Å². The molecule has 0 amide bonds. The molecule has 0 radical (unpaired) electrons. The van der Waals surface area contributed by atoms with E-state index in [0.717, 1.165) is 12.0 Å². The van der Waals surface area contributed by atoms with Crippen LogP contribution in [0.1, 0.15) is 31.4 Å². The molecule has 1 rings (SSSR count). The fourth-order valence-corrected chi connectivity index (χ4v) is 1.84. The lowest BCUT2D eigenvalue weighted by Gasteiger charge is -2.23. The standard InChI is InChI=1S/C14H21NO2/c1-10-4-6-11(7-5-10)8-12(15)9-14(2,3)13(16)17/h4-7,12H,8-9,15H2,1-3H3,(H,16,17). The molecular formula is C14H21NO2. The van der Waals surface area contributed by atoms with E-state index in [1.54, 1.807) is 13.8 Å². The van der Waals surface area contributed by atoms with Crippen LogP contribution in [0.4, 0.5) is 0 Å². The molecule has 3 nitrogen and oxygen atoms in total. The predicted molar refractivity (Wildman–Crippen MR) is 68.9 cm³/mol. The third kappa shape index (κ3) is 4.19. The minimum Gasteiger partial charge on any atom is -0.481 e. The molecule has 1 aromatic rings. The number of benzene rings is 1. The Balaban J connectivity index is 2.58. The van der Waals surface area contributed by atoms with Crippen LogP contribution >= 0.6 is 0 Å². The maximum atomic E-state index is 11.0. The van der Waals surface area contributed by atoms with E-state index < -0.39 is 11.4 Å². The Morgan fingerprint density at radius 2 is 1.88 bits per heavy atom. The summed E-state index contributed by atoms with van der Waals surface area (Å²) >= 11 is 0. The van der Waals surface area contributed by atoms with Crippen molar-refractivity contribution in [2.24, 2.45) is 11.1 Å². The fraction of sp³-hybridized carbons (Fsp3) is 0.500. The monoisotopic (exact) mass is 235 g/mol. The first-order valence-corrected chi connectivity index (χ1v) is 5.86. The van der Waals surface area contributed by atoms with Crippen molar-refractivity contribution >= 4 is 5.97 Å². The van der Waals surface area contributed by atoms with Crippen molar-refractivity contribution in [3.63, 3.8) is 0 Å². The van der Waals surface area contributed by atoms with E-state index in [4.69, 9.17) is 10.8 Å². The molecule has 1 unspecified atom stereocenters. The Bertz CT molecular complexity index is 382. The molecule has 0 spiro atoms. The molecule has 3 N–H and O–H groups in total. The smallest absolute Gasteiger partial charge is 0.309 e. The number of hydrogen-bond donors (Lipinski definition) is 2. The second-order valence-electron chi connectivity index (χ2n) is 5.34. The molecule has 1 aromatic carbocycles. The number of carbonyl (C=O) groups is 1. The average molecular weight is 235 g/mol. The minimum absolute atomic E-state index is 0.121. The van der Waals surface area contributed by atoms with Crippen LogP contribution in [0.15, 0.2) is 24.3 Å². The molecule has 0 heterocycles. The second-order valence-corrected chi connectivity index (χ2v) is 5.34. The lowest BCUT2D eigenvalue weighted by atomic mass is 9.84. The van der Waals surface area contributed by atoms with Gasteiger partial charge in [0.2, 0.25) is 0 Å². The van der Waals surface area contributed by atoms with Gasteiger partial charge in [-0.3, -0.25) is 4.79 Å². The highest BCUT2D eigenvalue weighted by molar-refractivity contribution is 5.73. The maximum Gasteiger partial charge on any atom is 0.309 e. The molecule has 1 atom stereocenters. The van der Waals surface area contributed by atoms with Crippen LogP contribution in [0.5, 0.6) is 0 Å². The third-order valence-electron chi connectivity index (χ3n) is 2.97. The molecular weight excluding hydrogens is 214 g/mol. The van der Waals surface area contributed by atoms with E-state index in [-0.39, 0.29) is 6.04 Å². The minimum atomic E-state index is -0.795. The van der Waals surface area contributed by atoms with E-state index >= 15 is 0 Å². The van der Waals surface area contributed by atoms with Crippen LogP contribution in [0.2, 0.25) is 0 Å². The van der Waals surface area contributed by atoms with E-state index in [2.05, 4.69) is 0 Å². The summed E-state index contributed by atoms with van der Waals surface area (Å²) in [4.78, 5) is 11.0. The number of aryl methyl sites for hydroxylation is 1. The van der Waals surface area contributed by atoms with Gasteiger partial charge in [0.15, 0.2) is 0 Å². The quantitative estimate of drug-likeness (QED) is 0.823. The van der Waals surface area contributed by atoms with Crippen molar-refractivity contribution in [2.75, 3.05) is 0 Å². The Labute approximate surface area is 103 Å². The summed E-state index contributed by atoms with van der Waals surface area (Å²) in [5.41, 5.74) is 7.62. The summed E-state index contributed by atoms with van der Waals surface area (Å²) in [6, 6.07) is 8.06. The second kappa shape index (κ2) is 5.32. The highest BCUT2D eigenvalue weighted by atomic mass is 16.4. The Morgan fingerprint density at radius 1 is 1.35 bits per heavy atom. The molecule has 0 aliphatic rings. The van der Waals surface area contributed by atoms with Gasteiger partial charge in [0.05, 0.1) is 5.41 Å². The first kappa shape index (κ1) is 13.7. The van der Waals surface area contributed by atoms with Gasteiger partial charge in [-0.1, -0.05) is 29.8 Å². The van der Waals surface area contributed by atoms with Crippen molar-refractivity contribution in [2.45, 2.75) is 39.7 Å². The first-order chi connectivity index (χ1) is 7.81. The topological polar surface area (TPSA) is 63.3 Å². The molecule has 0 bridgehead atoms. The van der Waals surface area contributed by atoms with Crippen molar-refractivity contribution in [1.29, 1.82) is 0 Å². The number of carboxylic acid groups (broad SMARTS) is 1. The molecule has 0 aromatic heterocycles. The number of nitrogens with two attached hydrogens (primary N) is 1. The lowest BCUT2D eigenvalue weighted by Crippen LogP contribution is -2.34. The molecule has 0 fully saturated rings. The zero-order valence-corrected chi connectivity index (χ0v) is 10.7. The number of carboxylic acids is 1. The zero-order valence-electron chi connectivity index (χ0n) is 10.7. The molecule has 0 aliphatic carbocycles. The average Bonchev–Trinajstić information content (AvgIpc) is 2.20. The van der Waals surface area contributed by atoms with Crippen LogP contribution in [-0.2, 0) is 11.2 Å². The summed E-state index contributed by atoms with van der Waals surface area (Å²) in [6.45, 7) is 5.46. The van der Waals surface area contributed by atoms with Crippen molar-refractivity contribution in [3.05, 3.63) is 35.4 Å². The summed E-state index contributed by atoms with van der Waals surface area (Å²) < 4.78 is 0. The zero-order chi connectivity index (χ0) is 13.1. The molecule has 0 saturated heterocycles. The van der Waals surface area contributed by atoms with Gasteiger partial charge in [-0.25, -0.2) is 0 Å². The molecule has 17 heavy (non-hydrogen) atoms. The lowest BCUT2D eigenvalue weighted by molar-refractivity contribution is -0.147. The van der Waals surface area contributed by atoms with Gasteiger partial charge in [0.25, 0.3) is 0 Å². The van der Waals surface area contributed by atoms with Gasteiger partial charge in [-0.05, 0) is 39.2 Å². The fourth-order valence-electron chi connectivity index (χ4n) is 1.84. The van der Waals surface area contributed by atoms with Gasteiger partial charge in [-0.2, -0.15) is 0 Å². The molecule has 94 valence electrons. The Hall–Kier alpha value is -1.35. The van der Waals surface area contributed by atoms with Crippen LogP contribution < -0.4 is 5.73 Å². The SMILES string of the molecule is Cc1ccc(CC(N)CC(C)(C)C(=O)O)cc1. The molecule has 0 saturated carbocycles. The van der Waals surface area contributed by atoms with E-state index in [1.807, 2.05) is 31.2 Å². The summed E-state index contributed by atoms with van der Waals surface area (Å²) in [5.74, 6) is -0.795. The van der Waals surface area contributed by atoms with Gasteiger partial charge in [0, 0.05) is 6.04 Å². The van der Waals surface area contributed by atoms with Crippen LogP contribution in [-0.4, -0.2) is 17.1 Å². The Morgan fingerprint density at radius 3 is 2.35 bits per heavy atom. The van der Waals surface area contributed by atoms with Crippen LogP contribution in [0, 0.1) is 12.3 Å². The highest BCUT2D eigenvalue weighted by Crippen LogP contribution is 2.23. The predicted octanol–water partition coefficient (Wildman–Crippen LogP) is 2.37. The summed E-state index contributed by atoms with van der Waals surface area (Å²) in [5, 5.41) is 9.04. The van der Waals surface area contributed by atoms with Crippen molar-refractivity contribution in [3.8, 4) is 0 Å². The summed E-state index contributed by atoms with van der Waals surface area (Å²) in [7, 11) is 0. The number of aliphatic carboxylic acids is 1. The number of hydrogen-bond acceptors (Lipinski definition) is 2. The molecule has 0 aliphatic heterocycles. The Kier molecular flexibility index (Phi) is 4.29. The highest BCUT2D eigenvalue weighted by Gasteiger charge is 2.29.